The number of nitrogens with zero attached hydrogens (tertiary/aromatic N) is 1. The van der Waals surface area contributed by atoms with Gasteiger partial charge < -0.3 is 10.0 Å². The van der Waals surface area contributed by atoms with Crippen LogP contribution < -0.4 is 0 Å². The summed E-state index contributed by atoms with van der Waals surface area (Å²) in [6, 6.07) is 9.65. The summed E-state index contributed by atoms with van der Waals surface area (Å²) in [7, 11) is 0. The molecule has 1 aromatic carbocycles. The average molecular weight is 289 g/mol. The number of hydrogen-bond donors (Lipinski definition) is 1. The van der Waals surface area contributed by atoms with Crippen molar-refractivity contribution in [3.05, 3.63) is 35.9 Å². The van der Waals surface area contributed by atoms with Crippen molar-refractivity contribution in [1.29, 1.82) is 0 Å². The first-order valence-electron chi connectivity index (χ1n) is 7.69. The van der Waals surface area contributed by atoms with E-state index in [1.807, 2.05) is 30.3 Å². The third-order valence-corrected chi connectivity index (χ3v) is 4.21. The third kappa shape index (κ3) is 3.84. The monoisotopic (exact) mass is 289 g/mol. The molecule has 0 radical (unpaired) electrons. The van der Waals surface area contributed by atoms with E-state index in [0.717, 1.165) is 24.8 Å². The number of carbonyl (C=O) groups is 2. The van der Waals surface area contributed by atoms with Crippen LogP contribution in [0.5, 0.6) is 0 Å². The van der Waals surface area contributed by atoms with E-state index in [4.69, 9.17) is 0 Å². The number of aliphatic carboxylic acids is 1. The van der Waals surface area contributed by atoms with Crippen LogP contribution in [-0.2, 0) is 9.59 Å². The first-order chi connectivity index (χ1) is 10.1. The number of benzene rings is 1. The van der Waals surface area contributed by atoms with Gasteiger partial charge in [0.2, 0.25) is 5.91 Å². The number of carbonyl (C=O) groups excluding carboxylic acids is 1. The zero-order valence-corrected chi connectivity index (χ0v) is 12.5. The van der Waals surface area contributed by atoms with Crippen LogP contribution in [0.15, 0.2) is 30.3 Å². The Kier molecular flexibility index (Phi) is 5.37. The van der Waals surface area contributed by atoms with Crippen molar-refractivity contribution in [2.24, 2.45) is 5.92 Å². The molecule has 1 aliphatic rings. The largest absolute Gasteiger partial charge is 0.481 e. The Balaban J connectivity index is 2.05. The van der Waals surface area contributed by atoms with Crippen LogP contribution in [0.25, 0.3) is 0 Å². The van der Waals surface area contributed by atoms with Crippen LogP contribution in [-0.4, -0.2) is 35.0 Å². The maximum Gasteiger partial charge on any atom is 0.308 e. The van der Waals surface area contributed by atoms with Crippen LogP contribution in [0.1, 0.15) is 44.1 Å². The van der Waals surface area contributed by atoms with Crippen molar-refractivity contribution >= 4 is 11.9 Å². The average Bonchev–Trinajstić information content (AvgIpc) is 2.94. The highest BCUT2D eigenvalue weighted by Gasteiger charge is 2.40. The second-order valence-corrected chi connectivity index (χ2v) is 5.72. The second-order valence-electron chi connectivity index (χ2n) is 5.72. The van der Waals surface area contributed by atoms with Crippen molar-refractivity contribution in [1.82, 2.24) is 4.90 Å². The number of likely N-dealkylation sites (tertiary alicyclic amines) is 1. The normalized spacial score (nSPS) is 21.5. The molecule has 2 atom stereocenters. The summed E-state index contributed by atoms with van der Waals surface area (Å²) in [5.41, 5.74) is 1.01. The summed E-state index contributed by atoms with van der Waals surface area (Å²) < 4.78 is 0. The van der Waals surface area contributed by atoms with E-state index in [1.165, 1.54) is 0 Å². The molecule has 0 spiro atoms. The molecule has 21 heavy (non-hydrogen) atoms. The maximum atomic E-state index is 12.2. The van der Waals surface area contributed by atoms with Gasteiger partial charge in [0.15, 0.2) is 0 Å². The standard InChI is InChI=1S/C17H23NO3/c1-2-3-5-10-16(19)18-11-14(15(12-18)17(20)21)13-8-6-4-7-9-13/h4,6-9,14-15H,2-3,5,10-12H2,1H3,(H,20,21)/t14-,15-/m0/s1. The fourth-order valence-electron chi connectivity index (χ4n) is 2.98. The summed E-state index contributed by atoms with van der Waals surface area (Å²) in [6.07, 6.45) is 3.54. The molecule has 0 unspecified atom stereocenters. The highest BCUT2D eigenvalue weighted by molar-refractivity contribution is 5.79. The van der Waals surface area contributed by atoms with Gasteiger partial charge in [0.05, 0.1) is 5.92 Å². The van der Waals surface area contributed by atoms with Gasteiger partial charge in [-0.1, -0.05) is 50.1 Å². The van der Waals surface area contributed by atoms with Gasteiger partial charge in [-0.15, -0.1) is 0 Å². The minimum absolute atomic E-state index is 0.0909. The molecule has 0 bridgehead atoms. The zero-order valence-electron chi connectivity index (χ0n) is 12.5. The first-order valence-corrected chi connectivity index (χ1v) is 7.69. The van der Waals surface area contributed by atoms with Crippen molar-refractivity contribution in [2.75, 3.05) is 13.1 Å². The van der Waals surface area contributed by atoms with Crippen molar-refractivity contribution in [3.63, 3.8) is 0 Å². The molecular formula is C17H23NO3. The molecule has 0 aromatic heterocycles. The van der Waals surface area contributed by atoms with Gasteiger partial charge in [-0.05, 0) is 12.0 Å². The Morgan fingerprint density at radius 2 is 1.90 bits per heavy atom. The second kappa shape index (κ2) is 7.25. The Labute approximate surface area is 125 Å². The van der Waals surface area contributed by atoms with E-state index in [9.17, 15) is 14.7 Å². The Morgan fingerprint density at radius 3 is 2.52 bits per heavy atom. The van der Waals surface area contributed by atoms with Gasteiger partial charge in [0.1, 0.15) is 0 Å². The molecule has 1 saturated heterocycles. The van der Waals surface area contributed by atoms with Gasteiger partial charge in [0.25, 0.3) is 0 Å². The lowest BCUT2D eigenvalue weighted by Crippen LogP contribution is -2.29. The van der Waals surface area contributed by atoms with Gasteiger partial charge in [-0.25, -0.2) is 0 Å². The van der Waals surface area contributed by atoms with E-state index >= 15 is 0 Å². The molecule has 4 heteroatoms. The van der Waals surface area contributed by atoms with Crippen LogP contribution in [0.3, 0.4) is 0 Å². The molecule has 114 valence electrons. The molecule has 2 rings (SSSR count). The summed E-state index contributed by atoms with van der Waals surface area (Å²) in [5.74, 6) is -1.32. The summed E-state index contributed by atoms with van der Waals surface area (Å²) in [4.78, 5) is 25.4. The molecule has 4 nitrogen and oxygen atoms in total. The molecule has 1 amide bonds. The third-order valence-electron chi connectivity index (χ3n) is 4.21. The van der Waals surface area contributed by atoms with Gasteiger partial charge in [0, 0.05) is 25.4 Å². The number of carboxylic acid groups (broad SMARTS) is 1. The van der Waals surface area contributed by atoms with E-state index < -0.39 is 11.9 Å². The van der Waals surface area contributed by atoms with Crippen LogP contribution in [0.4, 0.5) is 0 Å². The molecule has 1 fully saturated rings. The fourth-order valence-corrected chi connectivity index (χ4v) is 2.98. The van der Waals surface area contributed by atoms with Gasteiger partial charge >= 0.3 is 5.97 Å². The van der Waals surface area contributed by atoms with Crippen LogP contribution in [0, 0.1) is 5.92 Å². The quantitative estimate of drug-likeness (QED) is 0.819. The van der Waals surface area contributed by atoms with E-state index in [-0.39, 0.29) is 11.8 Å². The van der Waals surface area contributed by atoms with Gasteiger partial charge in [-0.3, -0.25) is 9.59 Å². The minimum Gasteiger partial charge on any atom is -0.481 e. The van der Waals surface area contributed by atoms with Crippen LogP contribution >= 0.6 is 0 Å². The number of rotatable bonds is 6. The molecule has 1 aliphatic heterocycles. The van der Waals surface area contributed by atoms with Crippen LogP contribution in [0.2, 0.25) is 0 Å². The van der Waals surface area contributed by atoms with E-state index in [0.29, 0.717) is 19.5 Å². The van der Waals surface area contributed by atoms with Crippen molar-refractivity contribution in [3.8, 4) is 0 Å². The van der Waals surface area contributed by atoms with Gasteiger partial charge in [-0.2, -0.15) is 0 Å². The van der Waals surface area contributed by atoms with E-state index in [2.05, 4.69) is 6.92 Å². The lowest BCUT2D eigenvalue weighted by atomic mass is 9.89. The Bertz CT molecular complexity index is 486. The minimum atomic E-state index is -0.812. The number of carboxylic acids is 1. The summed E-state index contributed by atoms with van der Waals surface area (Å²) in [6.45, 7) is 2.96. The highest BCUT2D eigenvalue weighted by atomic mass is 16.4. The number of unbranched alkanes of at least 4 members (excludes halogenated alkanes) is 2. The predicted molar refractivity (Wildman–Crippen MR) is 81.0 cm³/mol. The Morgan fingerprint density at radius 1 is 1.19 bits per heavy atom. The molecule has 0 saturated carbocycles. The zero-order chi connectivity index (χ0) is 15.2. The van der Waals surface area contributed by atoms with Crippen molar-refractivity contribution in [2.45, 2.75) is 38.5 Å². The summed E-state index contributed by atoms with van der Waals surface area (Å²) >= 11 is 0. The number of amides is 1. The van der Waals surface area contributed by atoms with E-state index in [1.54, 1.807) is 4.90 Å². The summed E-state index contributed by atoms with van der Waals surface area (Å²) in [5, 5.41) is 9.42. The highest BCUT2D eigenvalue weighted by Crippen LogP contribution is 2.33. The molecule has 1 N–H and O–H groups in total. The maximum absolute atomic E-state index is 12.2. The molecular weight excluding hydrogens is 266 g/mol. The van der Waals surface area contributed by atoms with Crippen molar-refractivity contribution < 1.29 is 14.7 Å². The number of hydrogen-bond acceptors (Lipinski definition) is 2. The topological polar surface area (TPSA) is 57.6 Å². The predicted octanol–water partition coefficient (Wildman–Crippen LogP) is 2.89. The fraction of sp³-hybridized carbons (Fsp3) is 0.529. The smallest absolute Gasteiger partial charge is 0.308 e. The molecule has 0 aliphatic carbocycles. The molecule has 1 heterocycles. The lowest BCUT2D eigenvalue weighted by Gasteiger charge is -2.16. The lowest BCUT2D eigenvalue weighted by molar-refractivity contribution is -0.141. The molecule has 1 aromatic rings. The first kappa shape index (κ1) is 15.5. The SMILES string of the molecule is CCCCCC(=O)N1C[C@H](C(=O)O)[C@H](c2ccccc2)C1. The Hall–Kier alpha value is -1.84.